The molecule has 1 aromatic carbocycles. The lowest BCUT2D eigenvalue weighted by Gasteiger charge is -2.27. The van der Waals surface area contributed by atoms with Gasteiger partial charge in [0.1, 0.15) is 17.3 Å². The highest BCUT2D eigenvalue weighted by atomic mass is 16.6. The summed E-state index contributed by atoms with van der Waals surface area (Å²) in [4.78, 5) is 27.8. The number of amides is 1. The highest BCUT2D eigenvalue weighted by Crippen LogP contribution is 2.53. The predicted molar refractivity (Wildman–Crippen MR) is 103 cm³/mol. The maximum atomic E-state index is 13.3. The fourth-order valence-corrected chi connectivity index (χ4v) is 4.60. The minimum atomic E-state index is -0.711. The molecular formula is C22H27NO5. The number of rotatable bonds is 7. The molecule has 0 radical (unpaired) electrons. The van der Waals surface area contributed by atoms with E-state index in [4.69, 9.17) is 14.2 Å². The van der Waals surface area contributed by atoms with E-state index in [9.17, 15) is 9.59 Å². The van der Waals surface area contributed by atoms with E-state index < -0.39 is 17.4 Å². The molecule has 3 aliphatic rings. The first-order chi connectivity index (χ1) is 13.5. The molecule has 1 amide bonds. The van der Waals surface area contributed by atoms with Gasteiger partial charge in [0.15, 0.2) is 0 Å². The molecule has 2 fully saturated rings. The zero-order valence-electron chi connectivity index (χ0n) is 16.6. The van der Waals surface area contributed by atoms with Crippen molar-refractivity contribution in [3.8, 4) is 5.75 Å². The summed E-state index contributed by atoms with van der Waals surface area (Å²) in [5, 5.41) is 0. The number of hydrogen-bond acceptors (Lipinski definition) is 5. The van der Waals surface area contributed by atoms with Gasteiger partial charge in [-0.25, -0.2) is 0 Å². The Bertz CT molecular complexity index is 789. The average Bonchev–Trinajstić information content (AvgIpc) is 3.36. The third-order valence-corrected chi connectivity index (χ3v) is 6.21. The molecule has 0 unspecified atom stereocenters. The van der Waals surface area contributed by atoms with Crippen molar-refractivity contribution in [2.24, 2.45) is 11.8 Å². The van der Waals surface area contributed by atoms with E-state index in [0.717, 1.165) is 24.2 Å². The van der Waals surface area contributed by atoms with Crippen LogP contribution in [0.5, 0.6) is 5.75 Å². The molecule has 3 aliphatic heterocycles. The van der Waals surface area contributed by atoms with Crippen LogP contribution in [0.2, 0.25) is 0 Å². The van der Waals surface area contributed by atoms with Gasteiger partial charge in [0.2, 0.25) is 5.91 Å². The summed E-state index contributed by atoms with van der Waals surface area (Å²) in [5.41, 5.74) is 0.308. The number of esters is 1. The second-order valence-corrected chi connectivity index (χ2v) is 7.84. The van der Waals surface area contributed by atoms with Crippen LogP contribution in [0.1, 0.15) is 38.3 Å². The van der Waals surface area contributed by atoms with Gasteiger partial charge in [-0.05, 0) is 31.0 Å². The summed E-state index contributed by atoms with van der Waals surface area (Å²) in [7, 11) is 1.63. The fraction of sp³-hybridized carbons (Fsp3) is 0.545. The number of benzene rings is 1. The van der Waals surface area contributed by atoms with Gasteiger partial charge >= 0.3 is 5.97 Å². The largest absolute Gasteiger partial charge is 0.497 e. The second-order valence-electron chi connectivity index (χ2n) is 7.84. The number of methoxy groups -OCH3 is 1. The van der Waals surface area contributed by atoms with Crippen LogP contribution in [-0.2, 0) is 19.1 Å². The number of nitrogens with zero attached hydrogens (tertiary/aromatic N) is 1. The summed E-state index contributed by atoms with van der Waals surface area (Å²) in [5.74, 6) is -0.631. The zero-order chi connectivity index (χ0) is 19.9. The third-order valence-electron chi connectivity index (χ3n) is 6.21. The number of carbonyl (C=O) groups is 2. The number of likely N-dealkylation sites (tertiary alicyclic amines) is 1. The van der Waals surface area contributed by atoms with E-state index in [1.807, 2.05) is 55.2 Å². The van der Waals surface area contributed by atoms with E-state index in [2.05, 4.69) is 0 Å². The van der Waals surface area contributed by atoms with Gasteiger partial charge in [0.25, 0.3) is 0 Å². The standard InChI is InChI=1S/C22H27NO5/c1-4-5-12-27-21(25)18-17-10-11-22(28-17)13-23(20(24)19(18)22)14(2)15-6-8-16(26-3)9-7-15/h6-11,14,17-19H,4-5,12-13H2,1-3H3/t14-,17+,18-,19+,22-/m1/s1. The third kappa shape index (κ3) is 2.91. The maximum absolute atomic E-state index is 13.3. The highest BCUT2D eigenvalue weighted by Gasteiger charge is 2.67. The molecule has 6 nitrogen and oxygen atoms in total. The average molecular weight is 385 g/mol. The Morgan fingerprint density at radius 1 is 1.36 bits per heavy atom. The van der Waals surface area contributed by atoms with E-state index >= 15 is 0 Å². The number of unbranched alkanes of at least 4 members (excludes halogenated alkanes) is 1. The van der Waals surface area contributed by atoms with Crippen molar-refractivity contribution in [3.05, 3.63) is 42.0 Å². The molecule has 4 rings (SSSR count). The lowest BCUT2D eigenvalue weighted by Crippen LogP contribution is -2.40. The molecule has 28 heavy (non-hydrogen) atoms. The molecule has 0 aromatic heterocycles. The molecule has 1 aromatic rings. The van der Waals surface area contributed by atoms with Gasteiger partial charge in [-0.3, -0.25) is 9.59 Å². The molecular weight excluding hydrogens is 358 g/mol. The first-order valence-corrected chi connectivity index (χ1v) is 9.99. The topological polar surface area (TPSA) is 65.1 Å². The smallest absolute Gasteiger partial charge is 0.312 e. The first-order valence-electron chi connectivity index (χ1n) is 9.99. The summed E-state index contributed by atoms with van der Waals surface area (Å²) in [6.45, 7) is 4.89. The number of carbonyl (C=O) groups excluding carboxylic acids is 2. The lowest BCUT2D eigenvalue weighted by atomic mass is 9.77. The van der Waals surface area contributed by atoms with Gasteiger partial charge in [0.05, 0.1) is 38.3 Å². The number of ether oxygens (including phenoxy) is 3. The van der Waals surface area contributed by atoms with Crippen molar-refractivity contribution in [3.63, 3.8) is 0 Å². The van der Waals surface area contributed by atoms with Crippen LogP contribution in [-0.4, -0.2) is 48.7 Å². The molecule has 5 atom stereocenters. The Hall–Kier alpha value is -2.34. The highest BCUT2D eigenvalue weighted by molar-refractivity contribution is 5.91. The van der Waals surface area contributed by atoms with Crippen LogP contribution in [0.15, 0.2) is 36.4 Å². The fourth-order valence-electron chi connectivity index (χ4n) is 4.60. The van der Waals surface area contributed by atoms with Crippen molar-refractivity contribution in [2.75, 3.05) is 20.3 Å². The van der Waals surface area contributed by atoms with Crippen LogP contribution in [0.3, 0.4) is 0 Å². The van der Waals surface area contributed by atoms with Crippen molar-refractivity contribution >= 4 is 11.9 Å². The van der Waals surface area contributed by atoms with Crippen molar-refractivity contribution in [1.82, 2.24) is 4.90 Å². The van der Waals surface area contributed by atoms with E-state index in [1.54, 1.807) is 7.11 Å². The lowest BCUT2D eigenvalue weighted by molar-refractivity contribution is -0.154. The van der Waals surface area contributed by atoms with E-state index in [1.165, 1.54) is 0 Å². The minimum Gasteiger partial charge on any atom is -0.497 e. The summed E-state index contributed by atoms with van der Waals surface area (Å²) in [6.07, 6.45) is 5.30. The molecule has 0 N–H and O–H groups in total. The maximum Gasteiger partial charge on any atom is 0.312 e. The normalized spacial score (nSPS) is 31.2. The molecule has 150 valence electrons. The summed E-state index contributed by atoms with van der Waals surface area (Å²) < 4.78 is 16.8. The second kappa shape index (κ2) is 7.24. The summed E-state index contributed by atoms with van der Waals surface area (Å²) in [6, 6.07) is 7.59. The number of fused-ring (bicyclic) bond motifs is 1. The molecule has 1 spiro atoms. The van der Waals surface area contributed by atoms with Gasteiger partial charge in [0, 0.05) is 0 Å². The number of hydrogen-bond donors (Lipinski definition) is 0. The minimum absolute atomic E-state index is 0.0346. The first kappa shape index (κ1) is 19.0. The van der Waals surface area contributed by atoms with Crippen LogP contribution in [0.4, 0.5) is 0 Å². The van der Waals surface area contributed by atoms with Gasteiger partial charge < -0.3 is 19.1 Å². The Balaban J connectivity index is 1.54. The van der Waals surface area contributed by atoms with Crippen molar-refractivity contribution in [1.29, 1.82) is 0 Å². The van der Waals surface area contributed by atoms with E-state index in [0.29, 0.717) is 13.2 Å². The molecule has 0 aliphatic carbocycles. The molecule has 2 saturated heterocycles. The van der Waals surface area contributed by atoms with Gasteiger partial charge in [-0.15, -0.1) is 0 Å². The molecule has 3 heterocycles. The van der Waals surface area contributed by atoms with Crippen LogP contribution in [0, 0.1) is 11.8 Å². The zero-order valence-corrected chi connectivity index (χ0v) is 16.6. The van der Waals surface area contributed by atoms with Crippen LogP contribution < -0.4 is 4.74 Å². The molecule has 6 heteroatoms. The van der Waals surface area contributed by atoms with Gasteiger partial charge in [-0.2, -0.15) is 0 Å². The Morgan fingerprint density at radius 2 is 2.11 bits per heavy atom. The Labute approximate surface area is 165 Å². The quantitative estimate of drug-likeness (QED) is 0.410. The Morgan fingerprint density at radius 3 is 2.79 bits per heavy atom. The Kier molecular flexibility index (Phi) is 4.91. The predicted octanol–water partition coefficient (Wildman–Crippen LogP) is 2.88. The van der Waals surface area contributed by atoms with Crippen LogP contribution >= 0.6 is 0 Å². The van der Waals surface area contributed by atoms with Crippen molar-refractivity contribution < 1.29 is 23.8 Å². The molecule has 2 bridgehead atoms. The van der Waals surface area contributed by atoms with Crippen molar-refractivity contribution in [2.45, 2.75) is 44.4 Å². The van der Waals surface area contributed by atoms with Crippen LogP contribution in [0.25, 0.3) is 0 Å². The summed E-state index contributed by atoms with van der Waals surface area (Å²) >= 11 is 0. The van der Waals surface area contributed by atoms with Gasteiger partial charge in [-0.1, -0.05) is 37.6 Å². The van der Waals surface area contributed by atoms with E-state index in [-0.39, 0.29) is 24.0 Å². The SMILES string of the molecule is CCCCOC(=O)[C@@H]1[C@@H]2C=C[C@]3(CN([C@H](C)c4ccc(OC)cc4)C(=O)[C@H]13)O2. The molecule has 0 saturated carbocycles. The monoisotopic (exact) mass is 385 g/mol.